The van der Waals surface area contributed by atoms with E-state index >= 15 is 0 Å². The average molecular weight is 370 g/mol. The second kappa shape index (κ2) is 7.48. The van der Waals surface area contributed by atoms with Crippen LogP contribution in [-0.4, -0.2) is 27.9 Å². The van der Waals surface area contributed by atoms with Crippen LogP contribution in [0.25, 0.3) is 22.2 Å². The minimum atomic E-state index is -0.615. The summed E-state index contributed by atoms with van der Waals surface area (Å²) in [5.41, 5.74) is 3.41. The number of aromatic nitrogens is 2. The number of carbonyl (C=O) groups excluding carboxylic acids is 2. The molecule has 2 aromatic heterocycles. The van der Waals surface area contributed by atoms with Gasteiger partial charge in [0.25, 0.3) is 0 Å². The number of nitrogens with zero attached hydrogens (tertiary/aromatic N) is 2. The number of rotatable bonds is 5. The molecule has 0 amide bonds. The maximum Gasteiger partial charge on any atom is 0.357 e. The minimum absolute atomic E-state index is 0.177. The molecule has 2 heterocycles. The first-order valence-corrected chi connectivity index (χ1v) is 8.91. The first kappa shape index (κ1) is 17.7. The molecule has 0 atom stereocenters. The van der Waals surface area contributed by atoms with E-state index in [0.717, 1.165) is 22.2 Å². The number of para-hydroxylation sites is 1. The van der Waals surface area contributed by atoms with Gasteiger partial charge in [-0.05, 0) is 23.8 Å². The molecule has 0 bridgehead atoms. The highest BCUT2D eigenvalue weighted by Crippen LogP contribution is 2.33. The Morgan fingerprint density at radius 1 is 0.929 bits per heavy atom. The molecule has 4 rings (SSSR count). The fourth-order valence-electron chi connectivity index (χ4n) is 3.37. The van der Waals surface area contributed by atoms with Crippen molar-refractivity contribution in [3.63, 3.8) is 0 Å². The summed E-state index contributed by atoms with van der Waals surface area (Å²) < 4.78 is 7.23. The Balaban J connectivity index is 1.71. The Hall–Kier alpha value is -3.73. The van der Waals surface area contributed by atoms with Gasteiger partial charge in [-0.25, -0.2) is 9.78 Å². The lowest BCUT2D eigenvalue weighted by Gasteiger charge is -2.08. The first-order chi connectivity index (χ1) is 13.7. The molecular formula is C23H18N2O3. The summed E-state index contributed by atoms with van der Waals surface area (Å²) in [6, 6.07) is 22.4. The molecule has 5 heteroatoms. The smallest absolute Gasteiger partial charge is 0.357 e. The topological polar surface area (TPSA) is 61.2 Å². The normalized spacial score (nSPS) is 10.8. The Morgan fingerprint density at radius 3 is 2.39 bits per heavy atom. The van der Waals surface area contributed by atoms with E-state index in [1.807, 2.05) is 66.2 Å². The molecule has 0 N–H and O–H groups in total. The zero-order valence-electron chi connectivity index (χ0n) is 15.3. The van der Waals surface area contributed by atoms with Gasteiger partial charge in [-0.15, -0.1) is 0 Å². The molecule has 28 heavy (non-hydrogen) atoms. The molecule has 0 aliphatic carbocycles. The van der Waals surface area contributed by atoms with E-state index in [0.29, 0.717) is 5.56 Å². The third-order valence-corrected chi connectivity index (χ3v) is 4.64. The van der Waals surface area contributed by atoms with Crippen molar-refractivity contribution in [1.82, 2.24) is 9.55 Å². The van der Waals surface area contributed by atoms with Crippen LogP contribution in [0.4, 0.5) is 0 Å². The Morgan fingerprint density at radius 2 is 1.64 bits per heavy atom. The van der Waals surface area contributed by atoms with Crippen molar-refractivity contribution in [2.24, 2.45) is 7.05 Å². The number of esters is 1. The molecule has 0 unspecified atom stereocenters. The molecule has 0 saturated heterocycles. The highest BCUT2D eigenvalue weighted by Gasteiger charge is 2.23. The lowest BCUT2D eigenvalue weighted by molar-refractivity contribution is 0.0469. The number of ether oxygens (including phenoxy) is 1. The van der Waals surface area contributed by atoms with E-state index in [1.54, 1.807) is 18.2 Å². The number of hydrogen-bond acceptors (Lipinski definition) is 4. The molecule has 4 aromatic rings. The minimum Gasteiger partial charge on any atom is -0.453 e. The van der Waals surface area contributed by atoms with Gasteiger partial charge in [0.05, 0.1) is 11.3 Å². The number of ketones is 1. The van der Waals surface area contributed by atoms with Crippen molar-refractivity contribution in [2.75, 3.05) is 6.61 Å². The highest BCUT2D eigenvalue weighted by molar-refractivity contribution is 6.14. The standard InChI is InChI=1S/C23H18N2O3/c1-25-19-13-6-5-11-17(19)21(22(25)16-9-3-2-4-10-16)20(26)15-28-23(27)18-12-7-8-14-24-18/h2-14H,15H2,1H3. The van der Waals surface area contributed by atoms with Crippen LogP contribution in [-0.2, 0) is 11.8 Å². The Labute approximate surface area is 162 Å². The van der Waals surface area contributed by atoms with Crippen LogP contribution in [0.3, 0.4) is 0 Å². The fraction of sp³-hybridized carbons (Fsp3) is 0.0870. The number of carbonyl (C=O) groups is 2. The number of hydrogen-bond donors (Lipinski definition) is 0. The summed E-state index contributed by atoms with van der Waals surface area (Å²) in [5.74, 6) is -0.865. The van der Waals surface area contributed by atoms with E-state index in [2.05, 4.69) is 4.98 Å². The second-order valence-corrected chi connectivity index (χ2v) is 6.38. The molecule has 0 fully saturated rings. The van der Waals surface area contributed by atoms with Crippen LogP contribution in [0.1, 0.15) is 20.8 Å². The number of fused-ring (bicyclic) bond motifs is 1. The molecule has 0 aliphatic heterocycles. The second-order valence-electron chi connectivity index (χ2n) is 6.38. The van der Waals surface area contributed by atoms with Gasteiger partial charge in [0.1, 0.15) is 5.69 Å². The van der Waals surface area contributed by atoms with Gasteiger partial charge in [0.2, 0.25) is 5.78 Å². The van der Waals surface area contributed by atoms with Gasteiger partial charge >= 0.3 is 5.97 Å². The van der Waals surface area contributed by atoms with Crippen molar-refractivity contribution in [1.29, 1.82) is 0 Å². The fourth-order valence-corrected chi connectivity index (χ4v) is 3.37. The summed E-state index contributed by atoms with van der Waals surface area (Å²) in [4.78, 5) is 29.2. The van der Waals surface area contributed by atoms with Crippen LogP contribution >= 0.6 is 0 Å². The van der Waals surface area contributed by atoms with E-state index in [1.165, 1.54) is 6.20 Å². The summed E-state index contributed by atoms with van der Waals surface area (Å²) >= 11 is 0. The maximum absolute atomic E-state index is 13.1. The van der Waals surface area contributed by atoms with E-state index in [4.69, 9.17) is 4.74 Å². The summed E-state index contributed by atoms with van der Waals surface area (Å²) in [7, 11) is 1.93. The SMILES string of the molecule is Cn1c(-c2ccccc2)c(C(=O)COC(=O)c2ccccn2)c2ccccc21. The van der Waals surface area contributed by atoms with Crippen LogP contribution in [0, 0.1) is 0 Å². The molecule has 0 aliphatic rings. The largest absolute Gasteiger partial charge is 0.453 e. The summed E-state index contributed by atoms with van der Waals surface area (Å²) in [5, 5.41) is 0.836. The Bertz CT molecular complexity index is 1150. The van der Waals surface area contributed by atoms with E-state index in [-0.39, 0.29) is 18.1 Å². The predicted octanol–water partition coefficient (Wildman–Crippen LogP) is 4.28. The van der Waals surface area contributed by atoms with Crippen molar-refractivity contribution in [2.45, 2.75) is 0 Å². The van der Waals surface area contributed by atoms with Gasteiger partial charge < -0.3 is 9.30 Å². The van der Waals surface area contributed by atoms with E-state index < -0.39 is 5.97 Å². The number of benzene rings is 2. The zero-order chi connectivity index (χ0) is 19.5. The van der Waals surface area contributed by atoms with Crippen molar-refractivity contribution in [3.05, 3.63) is 90.3 Å². The number of pyridine rings is 1. The quantitative estimate of drug-likeness (QED) is 0.389. The van der Waals surface area contributed by atoms with Crippen LogP contribution in [0.5, 0.6) is 0 Å². The molecular weight excluding hydrogens is 352 g/mol. The lowest BCUT2D eigenvalue weighted by atomic mass is 10.0. The van der Waals surface area contributed by atoms with Gasteiger partial charge in [-0.2, -0.15) is 0 Å². The highest BCUT2D eigenvalue weighted by atomic mass is 16.5. The first-order valence-electron chi connectivity index (χ1n) is 8.91. The van der Waals surface area contributed by atoms with Crippen LogP contribution < -0.4 is 0 Å². The molecule has 0 radical (unpaired) electrons. The van der Waals surface area contributed by atoms with Crippen LogP contribution in [0.2, 0.25) is 0 Å². The monoisotopic (exact) mass is 370 g/mol. The van der Waals surface area contributed by atoms with Gasteiger partial charge in [-0.3, -0.25) is 4.79 Å². The molecule has 2 aromatic carbocycles. The molecule has 138 valence electrons. The lowest BCUT2D eigenvalue weighted by Crippen LogP contribution is -2.15. The van der Waals surface area contributed by atoms with Crippen molar-refractivity contribution in [3.8, 4) is 11.3 Å². The van der Waals surface area contributed by atoms with Crippen LogP contribution in [0.15, 0.2) is 79.0 Å². The predicted molar refractivity (Wildman–Crippen MR) is 107 cm³/mol. The van der Waals surface area contributed by atoms with Gasteiger partial charge in [0, 0.05) is 24.1 Å². The van der Waals surface area contributed by atoms with Crippen molar-refractivity contribution >= 4 is 22.7 Å². The molecule has 0 spiro atoms. The average Bonchev–Trinajstić information content (AvgIpc) is 3.06. The van der Waals surface area contributed by atoms with E-state index in [9.17, 15) is 9.59 Å². The Kier molecular flexibility index (Phi) is 4.72. The molecule has 5 nitrogen and oxygen atoms in total. The summed E-state index contributed by atoms with van der Waals surface area (Å²) in [6.07, 6.45) is 1.51. The third-order valence-electron chi connectivity index (χ3n) is 4.64. The molecule has 0 saturated carbocycles. The third kappa shape index (κ3) is 3.18. The number of Topliss-reactive ketones (excluding diaryl/α,β-unsaturated/α-hetero) is 1. The zero-order valence-corrected chi connectivity index (χ0v) is 15.3. The summed E-state index contributed by atoms with van der Waals surface area (Å²) in [6.45, 7) is -0.344. The van der Waals surface area contributed by atoms with Crippen molar-refractivity contribution < 1.29 is 14.3 Å². The maximum atomic E-state index is 13.1. The van der Waals surface area contributed by atoms with Gasteiger partial charge in [-0.1, -0.05) is 54.6 Å². The van der Waals surface area contributed by atoms with Gasteiger partial charge in [0.15, 0.2) is 6.61 Å². The number of aryl methyl sites for hydroxylation is 1.